The van der Waals surface area contributed by atoms with Crippen molar-refractivity contribution in [3.05, 3.63) is 107 Å². The number of allylic oxidation sites excluding steroid dienone is 4. The van der Waals surface area contributed by atoms with Gasteiger partial charge in [0.1, 0.15) is 0 Å². The lowest BCUT2D eigenvalue weighted by atomic mass is 9.87. The number of carbonyl (C=O) groups is 1. The molecule has 1 heterocycles. The third-order valence-corrected chi connectivity index (χ3v) is 5.83. The summed E-state index contributed by atoms with van der Waals surface area (Å²) in [5.74, 6) is 6.39. The van der Waals surface area contributed by atoms with Crippen LogP contribution in [-0.4, -0.2) is 22.2 Å². The zero-order valence-electron chi connectivity index (χ0n) is 19.4. The second-order valence-corrected chi connectivity index (χ2v) is 8.89. The van der Waals surface area contributed by atoms with Crippen LogP contribution in [0.3, 0.4) is 0 Å². The average Bonchev–Trinajstić information content (AvgIpc) is 3.45. The largest absolute Gasteiger partial charge is 0.352 e. The van der Waals surface area contributed by atoms with Crippen molar-refractivity contribution in [2.24, 2.45) is 5.41 Å². The van der Waals surface area contributed by atoms with E-state index >= 15 is 0 Å². The minimum absolute atomic E-state index is 0.0838. The van der Waals surface area contributed by atoms with E-state index in [9.17, 15) is 4.79 Å². The Labute approximate surface area is 196 Å². The molecular formula is C29H29N3O. The lowest BCUT2D eigenvalue weighted by Crippen LogP contribution is -2.25. The molecule has 1 unspecified atom stereocenters. The molecule has 33 heavy (non-hydrogen) atoms. The fraction of sp³-hybridized carbons (Fsp3) is 0.241. The van der Waals surface area contributed by atoms with Crippen molar-refractivity contribution in [2.75, 3.05) is 6.54 Å². The molecule has 1 N–H and O–H groups in total. The van der Waals surface area contributed by atoms with Gasteiger partial charge in [0.15, 0.2) is 0 Å². The molecule has 0 spiro atoms. The number of nitrogens with zero attached hydrogens (tertiary/aromatic N) is 2. The van der Waals surface area contributed by atoms with Crippen molar-refractivity contribution in [3.8, 4) is 17.5 Å². The number of benzene rings is 2. The maximum atomic E-state index is 12.8. The molecule has 0 fully saturated rings. The SMILES string of the molecule is CC1=CC(C)(CCCNC(=O)c2ccc(-n3cccn3)c(C#Cc3cccc(C)c3)c2)C=C1. The van der Waals surface area contributed by atoms with Crippen molar-refractivity contribution in [2.45, 2.75) is 33.6 Å². The van der Waals surface area contributed by atoms with Crippen LogP contribution in [0.5, 0.6) is 0 Å². The smallest absolute Gasteiger partial charge is 0.251 e. The summed E-state index contributed by atoms with van der Waals surface area (Å²) in [4.78, 5) is 12.8. The molecule has 1 atom stereocenters. The highest BCUT2D eigenvalue weighted by Crippen LogP contribution is 2.33. The maximum Gasteiger partial charge on any atom is 0.251 e. The molecule has 166 valence electrons. The first-order valence-corrected chi connectivity index (χ1v) is 11.3. The summed E-state index contributed by atoms with van der Waals surface area (Å²) in [5.41, 5.74) is 5.71. The van der Waals surface area contributed by atoms with E-state index < -0.39 is 0 Å². The Morgan fingerprint density at radius 3 is 2.73 bits per heavy atom. The summed E-state index contributed by atoms with van der Waals surface area (Å²) in [7, 11) is 0. The van der Waals surface area contributed by atoms with Gasteiger partial charge in [-0.3, -0.25) is 4.79 Å². The van der Waals surface area contributed by atoms with Gasteiger partial charge in [-0.15, -0.1) is 0 Å². The lowest BCUT2D eigenvalue weighted by Gasteiger charge is -2.19. The predicted molar refractivity (Wildman–Crippen MR) is 133 cm³/mol. The topological polar surface area (TPSA) is 46.9 Å². The highest BCUT2D eigenvalue weighted by atomic mass is 16.1. The molecule has 0 aliphatic heterocycles. The lowest BCUT2D eigenvalue weighted by molar-refractivity contribution is 0.0952. The Morgan fingerprint density at radius 2 is 2.00 bits per heavy atom. The van der Waals surface area contributed by atoms with Gasteiger partial charge in [-0.05, 0) is 68.7 Å². The second kappa shape index (κ2) is 9.75. The monoisotopic (exact) mass is 435 g/mol. The summed E-state index contributed by atoms with van der Waals surface area (Å²) in [6.07, 6.45) is 12.2. The highest BCUT2D eigenvalue weighted by Gasteiger charge is 2.21. The van der Waals surface area contributed by atoms with Gasteiger partial charge in [0.05, 0.1) is 11.3 Å². The van der Waals surface area contributed by atoms with Crippen molar-refractivity contribution in [1.82, 2.24) is 15.1 Å². The Kier molecular flexibility index (Phi) is 6.60. The number of amides is 1. The average molecular weight is 436 g/mol. The molecule has 4 nitrogen and oxygen atoms in total. The number of aromatic nitrogens is 2. The third-order valence-electron chi connectivity index (χ3n) is 5.83. The second-order valence-electron chi connectivity index (χ2n) is 8.89. The molecule has 1 amide bonds. The Morgan fingerprint density at radius 1 is 1.12 bits per heavy atom. The quantitative estimate of drug-likeness (QED) is 0.404. The number of rotatable bonds is 6. The Hall–Kier alpha value is -3.84. The van der Waals surface area contributed by atoms with Crippen molar-refractivity contribution in [1.29, 1.82) is 0 Å². The molecule has 0 radical (unpaired) electrons. The van der Waals surface area contributed by atoms with E-state index in [1.165, 1.54) is 5.57 Å². The van der Waals surface area contributed by atoms with E-state index in [2.05, 4.69) is 54.3 Å². The van der Waals surface area contributed by atoms with Gasteiger partial charge < -0.3 is 5.32 Å². The Balaban J connectivity index is 1.49. The van der Waals surface area contributed by atoms with Gasteiger partial charge in [0, 0.05) is 35.5 Å². The van der Waals surface area contributed by atoms with Crippen LogP contribution in [-0.2, 0) is 0 Å². The highest BCUT2D eigenvalue weighted by molar-refractivity contribution is 5.95. The number of nitrogens with one attached hydrogen (secondary N) is 1. The van der Waals surface area contributed by atoms with Crippen molar-refractivity contribution >= 4 is 5.91 Å². The summed E-state index contributed by atoms with van der Waals surface area (Å²) in [6.45, 7) is 7.04. The van der Waals surface area contributed by atoms with Crippen molar-refractivity contribution < 1.29 is 4.79 Å². The fourth-order valence-corrected chi connectivity index (χ4v) is 4.12. The zero-order valence-corrected chi connectivity index (χ0v) is 19.4. The first-order chi connectivity index (χ1) is 15.9. The van der Waals surface area contributed by atoms with E-state index in [4.69, 9.17) is 0 Å². The molecule has 1 aromatic heterocycles. The first kappa shape index (κ1) is 22.4. The normalized spacial score (nSPS) is 16.8. The van der Waals surface area contributed by atoms with Gasteiger partial charge in [0.25, 0.3) is 5.91 Å². The van der Waals surface area contributed by atoms with E-state index in [1.54, 1.807) is 10.9 Å². The minimum atomic E-state index is -0.0838. The Bertz CT molecular complexity index is 1270. The molecule has 1 aliphatic carbocycles. The van der Waals surface area contributed by atoms with Crippen LogP contribution in [0.2, 0.25) is 0 Å². The van der Waals surface area contributed by atoms with E-state index in [0.717, 1.165) is 35.2 Å². The van der Waals surface area contributed by atoms with Gasteiger partial charge in [-0.1, -0.05) is 54.7 Å². The van der Waals surface area contributed by atoms with Gasteiger partial charge in [0.2, 0.25) is 0 Å². The molecule has 4 rings (SSSR count). The van der Waals surface area contributed by atoms with E-state index in [1.807, 2.05) is 61.7 Å². The number of hydrogen-bond acceptors (Lipinski definition) is 2. The molecule has 0 saturated heterocycles. The van der Waals surface area contributed by atoms with Gasteiger partial charge in [-0.2, -0.15) is 5.10 Å². The molecular weight excluding hydrogens is 406 g/mol. The third kappa shape index (κ3) is 5.70. The van der Waals surface area contributed by atoms with Gasteiger partial charge in [-0.25, -0.2) is 4.68 Å². The van der Waals surface area contributed by atoms with Crippen LogP contribution >= 0.6 is 0 Å². The van der Waals surface area contributed by atoms with Crippen molar-refractivity contribution in [3.63, 3.8) is 0 Å². The molecule has 0 bridgehead atoms. The first-order valence-electron chi connectivity index (χ1n) is 11.3. The van der Waals surface area contributed by atoms with Crippen LogP contribution in [0.4, 0.5) is 0 Å². The van der Waals surface area contributed by atoms with Crippen LogP contribution in [0.15, 0.2) is 84.7 Å². The standard InChI is InChI=1S/C29H29N3O/c1-22-7-4-8-24(19-22)9-10-25-20-26(11-12-27(25)32-18-6-17-31-32)28(33)30-16-5-14-29(3)15-13-23(2)21-29/h4,6-8,11-13,15,17-21H,5,14,16H2,1-3H3,(H,30,33). The molecule has 3 aromatic rings. The van der Waals surface area contributed by atoms with Crippen LogP contribution < -0.4 is 5.32 Å². The molecule has 2 aromatic carbocycles. The zero-order chi connectivity index (χ0) is 23.3. The maximum absolute atomic E-state index is 12.8. The van der Waals surface area contributed by atoms with Crippen LogP contribution in [0.1, 0.15) is 53.7 Å². The molecule has 1 aliphatic rings. The number of carbonyl (C=O) groups excluding carboxylic acids is 1. The molecule has 0 saturated carbocycles. The van der Waals surface area contributed by atoms with E-state index in [0.29, 0.717) is 12.1 Å². The summed E-state index contributed by atoms with van der Waals surface area (Å²) >= 11 is 0. The summed E-state index contributed by atoms with van der Waals surface area (Å²) < 4.78 is 1.77. The minimum Gasteiger partial charge on any atom is -0.352 e. The molecule has 4 heteroatoms. The van der Waals surface area contributed by atoms with Crippen LogP contribution in [0.25, 0.3) is 5.69 Å². The fourth-order valence-electron chi connectivity index (χ4n) is 4.12. The summed E-state index contributed by atoms with van der Waals surface area (Å²) in [5, 5.41) is 7.40. The number of hydrogen-bond donors (Lipinski definition) is 1. The van der Waals surface area contributed by atoms with Gasteiger partial charge >= 0.3 is 0 Å². The number of aryl methyl sites for hydroxylation is 1. The predicted octanol–water partition coefficient (Wildman–Crippen LogP) is 5.61. The van der Waals surface area contributed by atoms with Crippen LogP contribution in [0, 0.1) is 24.2 Å². The van der Waals surface area contributed by atoms with E-state index in [-0.39, 0.29) is 11.3 Å². The summed E-state index contributed by atoms with van der Waals surface area (Å²) in [6, 6.07) is 15.5.